The van der Waals surface area contributed by atoms with Gasteiger partial charge in [-0.05, 0) is 51.4 Å². The first-order valence-electron chi connectivity index (χ1n) is 9.17. The van der Waals surface area contributed by atoms with Crippen molar-refractivity contribution in [1.82, 2.24) is 0 Å². The Balaban J connectivity index is 1.97. The molecule has 2 aliphatic rings. The average Bonchev–Trinajstić information content (AvgIpc) is 2.56. The van der Waals surface area contributed by atoms with E-state index in [0.717, 1.165) is 64.2 Å². The minimum absolute atomic E-state index is 0.176. The third kappa shape index (κ3) is 4.92. The van der Waals surface area contributed by atoms with Crippen LogP contribution in [0.2, 0.25) is 0 Å². The van der Waals surface area contributed by atoms with Crippen LogP contribution in [0.15, 0.2) is 0 Å². The van der Waals surface area contributed by atoms with Gasteiger partial charge in [-0.15, -0.1) is 0 Å². The standard InChI is InChI=1S/C18H29FO4/c1-2-13-18(19,16(20)22-14-9-5-3-6-10-14)17(21)23-15-11-7-4-8-12-15/h14-15H,2-13H2,1H3. The zero-order valence-electron chi connectivity index (χ0n) is 14.2. The Hall–Kier alpha value is -1.13. The van der Waals surface area contributed by atoms with E-state index < -0.39 is 17.6 Å². The Morgan fingerprint density at radius 3 is 1.61 bits per heavy atom. The molecule has 0 N–H and O–H groups in total. The highest BCUT2D eigenvalue weighted by atomic mass is 19.1. The topological polar surface area (TPSA) is 52.6 Å². The summed E-state index contributed by atoms with van der Waals surface area (Å²) in [5.74, 6) is -2.10. The van der Waals surface area contributed by atoms with E-state index in [4.69, 9.17) is 9.47 Å². The van der Waals surface area contributed by atoms with Crippen LogP contribution in [-0.2, 0) is 19.1 Å². The fourth-order valence-corrected chi connectivity index (χ4v) is 3.49. The van der Waals surface area contributed by atoms with Crippen molar-refractivity contribution in [2.24, 2.45) is 0 Å². The number of ether oxygens (including phenoxy) is 2. The Morgan fingerprint density at radius 2 is 1.26 bits per heavy atom. The summed E-state index contributed by atoms with van der Waals surface area (Å²) >= 11 is 0. The second-order valence-electron chi connectivity index (χ2n) is 6.88. The largest absolute Gasteiger partial charge is 0.460 e. The van der Waals surface area contributed by atoms with Gasteiger partial charge in [0.25, 0.3) is 0 Å². The molecule has 0 atom stereocenters. The number of esters is 2. The monoisotopic (exact) mass is 328 g/mol. The fraction of sp³-hybridized carbons (Fsp3) is 0.889. The summed E-state index contributed by atoms with van der Waals surface area (Å²) < 4.78 is 25.7. The van der Waals surface area contributed by atoms with E-state index in [1.165, 1.54) is 0 Å². The summed E-state index contributed by atoms with van der Waals surface area (Å²) in [5, 5.41) is 0. The Labute approximate surface area is 138 Å². The zero-order chi connectivity index (χ0) is 16.7. The first-order chi connectivity index (χ1) is 11.1. The second kappa shape index (κ2) is 8.65. The first-order valence-corrected chi connectivity index (χ1v) is 9.17. The second-order valence-corrected chi connectivity index (χ2v) is 6.88. The third-order valence-corrected chi connectivity index (χ3v) is 4.89. The number of hydrogen-bond acceptors (Lipinski definition) is 4. The minimum Gasteiger partial charge on any atom is -0.460 e. The van der Waals surface area contributed by atoms with Gasteiger partial charge in [0.2, 0.25) is 0 Å². The maximum Gasteiger partial charge on any atom is 0.356 e. The van der Waals surface area contributed by atoms with Gasteiger partial charge in [-0.2, -0.15) is 0 Å². The SMILES string of the molecule is CCCC(F)(C(=O)OC1CCCCC1)C(=O)OC1CCCCC1. The van der Waals surface area contributed by atoms with Crippen molar-refractivity contribution in [2.75, 3.05) is 0 Å². The van der Waals surface area contributed by atoms with Gasteiger partial charge in [0.05, 0.1) is 0 Å². The lowest BCUT2D eigenvalue weighted by atomic mass is 9.95. The molecule has 0 heterocycles. The molecule has 2 rings (SSSR count). The van der Waals surface area contributed by atoms with Crippen LogP contribution in [0.5, 0.6) is 0 Å². The lowest BCUT2D eigenvalue weighted by Gasteiger charge is -2.29. The predicted molar refractivity (Wildman–Crippen MR) is 84.7 cm³/mol. The molecule has 0 saturated heterocycles. The van der Waals surface area contributed by atoms with E-state index in [2.05, 4.69) is 0 Å². The van der Waals surface area contributed by atoms with Crippen LogP contribution in [-0.4, -0.2) is 29.8 Å². The number of hydrogen-bond donors (Lipinski definition) is 0. The number of halogens is 1. The molecule has 5 heteroatoms. The normalized spacial score (nSPS) is 21.0. The molecular formula is C18H29FO4. The number of carbonyl (C=O) groups is 2. The van der Waals surface area contributed by atoms with Gasteiger partial charge in [0.15, 0.2) is 0 Å². The van der Waals surface area contributed by atoms with Crippen molar-refractivity contribution < 1.29 is 23.5 Å². The van der Waals surface area contributed by atoms with Crippen LogP contribution in [0, 0.1) is 0 Å². The van der Waals surface area contributed by atoms with Crippen LogP contribution in [0.1, 0.15) is 84.0 Å². The van der Waals surface area contributed by atoms with Crippen LogP contribution in [0.4, 0.5) is 4.39 Å². The molecule has 23 heavy (non-hydrogen) atoms. The van der Waals surface area contributed by atoms with E-state index in [1.807, 2.05) is 0 Å². The molecule has 2 saturated carbocycles. The number of alkyl halides is 1. The molecule has 0 unspecified atom stereocenters. The maximum absolute atomic E-state index is 15.1. The quantitative estimate of drug-likeness (QED) is 0.540. The van der Waals surface area contributed by atoms with Crippen molar-refractivity contribution in [2.45, 2.75) is 102 Å². The highest BCUT2D eigenvalue weighted by molar-refractivity contribution is 6.03. The van der Waals surface area contributed by atoms with E-state index in [1.54, 1.807) is 6.92 Å². The molecule has 132 valence electrons. The summed E-state index contributed by atoms with van der Waals surface area (Å²) in [7, 11) is 0. The number of carbonyl (C=O) groups excluding carboxylic acids is 2. The molecule has 4 nitrogen and oxygen atoms in total. The molecule has 0 bridgehead atoms. The van der Waals surface area contributed by atoms with E-state index in [9.17, 15) is 9.59 Å². The Morgan fingerprint density at radius 1 is 0.870 bits per heavy atom. The molecular weight excluding hydrogens is 299 g/mol. The van der Waals surface area contributed by atoms with E-state index in [0.29, 0.717) is 6.42 Å². The van der Waals surface area contributed by atoms with Gasteiger partial charge in [-0.3, -0.25) is 0 Å². The van der Waals surface area contributed by atoms with Crippen LogP contribution < -0.4 is 0 Å². The van der Waals surface area contributed by atoms with Crippen molar-refractivity contribution in [3.05, 3.63) is 0 Å². The van der Waals surface area contributed by atoms with Crippen LogP contribution in [0.25, 0.3) is 0 Å². The van der Waals surface area contributed by atoms with Gasteiger partial charge < -0.3 is 9.47 Å². The van der Waals surface area contributed by atoms with Crippen LogP contribution in [0.3, 0.4) is 0 Å². The fourth-order valence-electron chi connectivity index (χ4n) is 3.49. The highest BCUT2D eigenvalue weighted by Crippen LogP contribution is 2.29. The van der Waals surface area contributed by atoms with Crippen molar-refractivity contribution >= 4 is 11.9 Å². The highest BCUT2D eigenvalue weighted by Gasteiger charge is 2.50. The van der Waals surface area contributed by atoms with Gasteiger partial charge in [0.1, 0.15) is 12.2 Å². The summed E-state index contributed by atoms with van der Waals surface area (Å²) in [4.78, 5) is 24.6. The van der Waals surface area contributed by atoms with Crippen LogP contribution >= 0.6 is 0 Å². The molecule has 2 aliphatic carbocycles. The van der Waals surface area contributed by atoms with Gasteiger partial charge >= 0.3 is 17.6 Å². The molecule has 0 spiro atoms. The van der Waals surface area contributed by atoms with Crippen molar-refractivity contribution in [1.29, 1.82) is 0 Å². The first kappa shape index (κ1) is 18.2. The summed E-state index contributed by atoms with van der Waals surface area (Å²) in [6.45, 7) is 1.75. The zero-order valence-corrected chi connectivity index (χ0v) is 14.2. The Kier molecular flexibility index (Phi) is 6.85. The summed E-state index contributed by atoms with van der Waals surface area (Å²) in [6, 6.07) is 0. The third-order valence-electron chi connectivity index (χ3n) is 4.89. The van der Waals surface area contributed by atoms with Crippen molar-refractivity contribution in [3.63, 3.8) is 0 Å². The molecule has 0 aliphatic heterocycles. The molecule has 0 radical (unpaired) electrons. The van der Waals surface area contributed by atoms with Crippen molar-refractivity contribution in [3.8, 4) is 0 Å². The van der Waals surface area contributed by atoms with Gasteiger partial charge in [0, 0.05) is 6.42 Å². The molecule has 0 aromatic heterocycles. The summed E-state index contributed by atoms with van der Waals surface area (Å²) in [5.41, 5.74) is -2.65. The minimum atomic E-state index is -2.65. The lowest BCUT2D eigenvalue weighted by molar-refractivity contribution is -0.183. The smallest absolute Gasteiger partial charge is 0.356 e. The Bertz CT molecular complexity index is 366. The molecule has 0 aromatic rings. The van der Waals surface area contributed by atoms with E-state index in [-0.39, 0.29) is 18.6 Å². The average molecular weight is 328 g/mol. The van der Waals surface area contributed by atoms with E-state index >= 15 is 4.39 Å². The summed E-state index contributed by atoms with van der Waals surface area (Å²) in [6.07, 6.45) is 8.89. The van der Waals surface area contributed by atoms with Gasteiger partial charge in [-0.25, -0.2) is 14.0 Å². The lowest BCUT2D eigenvalue weighted by Crippen LogP contribution is -2.47. The predicted octanol–water partition coefficient (Wildman–Crippen LogP) is 4.25. The van der Waals surface area contributed by atoms with Gasteiger partial charge in [-0.1, -0.05) is 26.2 Å². The molecule has 0 aromatic carbocycles. The molecule has 2 fully saturated rings. The maximum atomic E-state index is 15.1. The number of rotatable bonds is 6. The molecule has 0 amide bonds.